The molecule has 90 valence electrons. The van der Waals surface area contributed by atoms with Gasteiger partial charge in [-0.3, -0.25) is 0 Å². The highest BCUT2D eigenvalue weighted by atomic mass is 79.9. The third-order valence-corrected chi connectivity index (χ3v) is 3.51. The van der Waals surface area contributed by atoms with Gasteiger partial charge in [0.1, 0.15) is 0 Å². The van der Waals surface area contributed by atoms with Gasteiger partial charge in [-0.05, 0) is 43.0 Å². The van der Waals surface area contributed by atoms with Crippen molar-refractivity contribution < 1.29 is 5.11 Å². The summed E-state index contributed by atoms with van der Waals surface area (Å²) in [6.45, 7) is 0.181. The maximum absolute atomic E-state index is 9.27. The number of hydrogen-bond donors (Lipinski definition) is 2. The fourth-order valence-corrected chi connectivity index (χ4v) is 2.35. The van der Waals surface area contributed by atoms with Crippen LogP contribution in [0.25, 0.3) is 0 Å². The van der Waals surface area contributed by atoms with Crippen LogP contribution in [0.5, 0.6) is 0 Å². The monoisotopic (exact) mass is 303 g/mol. The van der Waals surface area contributed by atoms with Gasteiger partial charge in [-0.25, -0.2) is 0 Å². The standard InChI is InChI=1S/C12H18BrNOS/c1-16-7-3-6-12(9-15)14-11-5-2-4-10(13)8-11/h2,4-5,8,12,14-15H,3,6-7,9H2,1H3. The molecule has 0 aliphatic carbocycles. The van der Waals surface area contributed by atoms with Gasteiger partial charge in [0.2, 0.25) is 0 Å². The molecule has 1 rings (SSSR count). The lowest BCUT2D eigenvalue weighted by Gasteiger charge is -2.17. The van der Waals surface area contributed by atoms with Crippen LogP contribution in [-0.2, 0) is 0 Å². The summed E-state index contributed by atoms with van der Waals surface area (Å²) in [5.41, 5.74) is 1.05. The third-order valence-electron chi connectivity index (χ3n) is 2.32. The Labute approximate surface area is 110 Å². The first kappa shape index (κ1) is 13.9. The smallest absolute Gasteiger partial charge is 0.0632 e. The molecule has 1 aromatic rings. The molecule has 16 heavy (non-hydrogen) atoms. The number of anilines is 1. The Morgan fingerprint density at radius 3 is 2.94 bits per heavy atom. The molecular formula is C12H18BrNOS. The predicted molar refractivity (Wildman–Crippen MR) is 76.3 cm³/mol. The van der Waals surface area contributed by atoms with Gasteiger partial charge < -0.3 is 10.4 Å². The molecule has 0 amide bonds. The molecule has 2 nitrogen and oxygen atoms in total. The molecule has 1 unspecified atom stereocenters. The minimum atomic E-state index is 0.154. The first-order chi connectivity index (χ1) is 7.76. The SMILES string of the molecule is CSCCCC(CO)Nc1cccc(Br)c1. The largest absolute Gasteiger partial charge is 0.394 e. The van der Waals surface area contributed by atoms with Crippen LogP contribution >= 0.6 is 27.7 Å². The molecule has 0 aliphatic heterocycles. The van der Waals surface area contributed by atoms with Crippen molar-refractivity contribution in [2.45, 2.75) is 18.9 Å². The lowest BCUT2D eigenvalue weighted by Crippen LogP contribution is -2.23. The second kappa shape index (κ2) is 7.98. The van der Waals surface area contributed by atoms with Gasteiger partial charge in [0.05, 0.1) is 6.61 Å². The average molecular weight is 304 g/mol. The molecule has 0 saturated carbocycles. The Morgan fingerprint density at radius 1 is 1.50 bits per heavy atom. The summed E-state index contributed by atoms with van der Waals surface area (Å²) in [5.74, 6) is 1.15. The molecule has 0 radical (unpaired) electrons. The molecule has 0 fully saturated rings. The van der Waals surface area contributed by atoms with E-state index in [1.165, 1.54) is 0 Å². The van der Waals surface area contributed by atoms with Gasteiger partial charge in [-0.15, -0.1) is 0 Å². The predicted octanol–water partition coefficient (Wildman–Crippen LogP) is 3.37. The summed E-state index contributed by atoms with van der Waals surface area (Å²) in [5, 5.41) is 12.6. The van der Waals surface area contributed by atoms with Crippen molar-refractivity contribution in [2.24, 2.45) is 0 Å². The Morgan fingerprint density at radius 2 is 2.31 bits per heavy atom. The Hall–Kier alpha value is -0.190. The molecule has 2 N–H and O–H groups in total. The van der Waals surface area contributed by atoms with Gasteiger partial charge in [0.15, 0.2) is 0 Å². The Balaban J connectivity index is 2.43. The summed E-state index contributed by atoms with van der Waals surface area (Å²) < 4.78 is 1.05. The van der Waals surface area contributed by atoms with E-state index in [9.17, 15) is 5.11 Å². The van der Waals surface area contributed by atoms with Crippen LogP contribution in [-0.4, -0.2) is 29.8 Å². The molecular weight excluding hydrogens is 286 g/mol. The second-order valence-corrected chi connectivity index (χ2v) is 5.57. The van der Waals surface area contributed by atoms with Gasteiger partial charge in [-0.1, -0.05) is 22.0 Å². The van der Waals surface area contributed by atoms with Crippen molar-refractivity contribution in [3.05, 3.63) is 28.7 Å². The maximum atomic E-state index is 9.27. The van der Waals surface area contributed by atoms with Gasteiger partial charge in [0, 0.05) is 16.2 Å². The van der Waals surface area contributed by atoms with Gasteiger partial charge in [-0.2, -0.15) is 11.8 Å². The van der Waals surface area contributed by atoms with Crippen LogP contribution in [0, 0.1) is 0 Å². The number of rotatable bonds is 7. The summed E-state index contributed by atoms with van der Waals surface area (Å²) >= 11 is 5.28. The van der Waals surface area contributed by atoms with Gasteiger partial charge in [0.25, 0.3) is 0 Å². The molecule has 1 atom stereocenters. The van der Waals surface area contributed by atoms with Crippen LogP contribution in [0.4, 0.5) is 5.69 Å². The minimum Gasteiger partial charge on any atom is -0.394 e. The van der Waals surface area contributed by atoms with E-state index in [0.717, 1.165) is 28.8 Å². The molecule has 0 spiro atoms. The van der Waals surface area contributed by atoms with E-state index in [1.54, 1.807) is 0 Å². The van der Waals surface area contributed by atoms with E-state index in [0.29, 0.717) is 0 Å². The number of thioether (sulfide) groups is 1. The van der Waals surface area contributed by atoms with Crippen molar-refractivity contribution in [1.29, 1.82) is 0 Å². The maximum Gasteiger partial charge on any atom is 0.0632 e. The lowest BCUT2D eigenvalue weighted by atomic mass is 10.1. The summed E-state index contributed by atoms with van der Waals surface area (Å²) in [6.07, 6.45) is 4.24. The Bertz CT molecular complexity index is 309. The summed E-state index contributed by atoms with van der Waals surface area (Å²) in [7, 11) is 0. The van der Waals surface area contributed by atoms with Crippen molar-refractivity contribution >= 4 is 33.4 Å². The number of benzene rings is 1. The molecule has 0 aromatic heterocycles. The zero-order valence-corrected chi connectivity index (χ0v) is 11.9. The number of halogens is 1. The van der Waals surface area contributed by atoms with Crippen LogP contribution in [0.15, 0.2) is 28.7 Å². The molecule has 1 aromatic carbocycles. The number of hydrogen-bond acceptors (Lipinski definition) is 3. The molecule has 0 heterocycles. The molecule has 0 aliphatic rings. The second-order valence-electron chi connectivity index (χ2n) is 3.67. The molecule has 0 bridgehead atoms. The minimum absolute atomic E-state index is 0.154. The highest BCUT2D eigenvalue weighted by Crippen LogP contribution is 2.17. The van der Waals surface area contributed by atoms with Crippen molar-refractivity contribution in [3.63, 3.8) is 0 Å². The van der Waals surface area contributed by atoms with E-state index in [2.05, 4.69) is 27.5 Å². The first-order valence-electron chi connectivity index (χ1n) is 5.38. The van der Waals surface area contributed by atoms with Crippen LogP contribution in [0.1, 0.15) is 12.8 Å². The molecule has 4 heteroatoms. The number of nitrogens with one attached hydrogen (secondary N) is 1. The number of aliphatic hydroxyl groups excluding tert-OH is 1. The topological polar surface area (TPSA) is 32.3 Å². The first-order valence-corrected chi connectivity index (χ1v) is 7.57. The fraction of sp³-hybridized carbons (Fsp3) is 0.500. The average Bonchev–Trinajstić information content (AvgIpc) is 2.28. The van der Waals surface area contributed by atoms with E-state index < -0.39 is 0 Å². The Kier molecular flexibility index (Phi) is 6.92. The number of aliphatic hydroxyl groups is 1. The highest BCUT2D eigenvalue weighted by Gasteiger charge is 2.06. The van der Waals surface area contributed by atoms with E-state index >= 15 is 0 Å². The lowest BCUT2D eigenvalue weighted by molar-refractivity contribution is 0.268. The summed E-state index contributed by atoms with van der Waals surface area (Å²) in [6, 6.07) is 8.18. The van der Waals surface area contributed by atoms with Crippen LogP contribution in [0.2, 0.25) is 0 Å². The van der Waals surface area contributed by atoms with Gasteiger partial charge >= 0.3 is 0 Å². The van der Waals surface area contributed by atoms with E-state index in [1.807, 2.05) is 36.0 Å². The fourth-order valence-electron chi connectivity index (χ4n) is 1.50. The molecule has 0 saturated heterocycles. The highest BCUT2D eigenvalue weighted by molar-refractivity contribution is 9.10. The normalized spacial score (nSPS) is 12.4. The van der Waals surface area contributed by atoms with Crippen LogP contribution in [0.3, 0.4) is 0 Å². The van der Waals surface area contributed by atoms with Crippen molar-refractivity contribution in [2.75, 3.05) is 23.9 Å². The van der Waals surface area contributed by atoms with Crippen LogP contribution < -0.4 is 5.32 Å². The quantitative estimate of drug-likeness (QED) is 0.758. The third kappa shape index (κ3) is 5.23. The van der Waals surface area contributed by atoms with Crippen molar-refractivity contribution in [1.82, 2.24) is 0 Å². The van der Waals surface area contributed by atoms with E-state index in [-0.39, 0.29) is 12.6 Å². The summed E-state index contributed by atoms with van der Waals surface area (Å²) in [4.78, 5) is 0. The van der Waals surface area contributed by atoms with Crippen molar-refractivity contribution in [3.8, 4) is 0 Å². The van der Waals surface area contributed by atoms with E-state index in [4.69, 9.17) is 0 Å². The zero-order valence-electron chi connectivity index (χ0n) is 9.45. The zero-order chi connectivity index (χ0) is 11.8.